The van der Waals surface area contributed by atoms with Crippen LogP contribution in [-0.2, 0) is 6.54 Å². The third-order valence-electron chi connectivity index (χ3n) is 2.62. The molecular formula is C13H19FN2O2. The van der Waals surface area contributed by atoms with Gasteiger partial charge in [-0.1, -0.05) is 32.9 Å². The van der Waals surface area contributed by atoms with E-state index in [0.717, 1.165) is 13.0 Å². The molecule has 1 aromatic carbocycles. The molecule has 100 valence electrons. The summed E-state index contributed by atoms with van der Waals surface area (Å²) >= 11 is 0. The largest absolute Gasteiger partial charge is 0.313 e. The number of nitrogens with zero attached hydrogens (tertiary/aromatic N) is 1. The van der Waals surface area contributed by atoms with Crippen LogP contribution in [0.25, 0.3) is 0 Å². The fraction of sp³-hybridized carbons (Fsp3) is 0.538. The smallest absolute Gasteiger partial charge is 0.305 e. The van der Waals surface area contributed by atoms with Gasteiger partial charge in [-0.2, -0.15) is 4.39 Å². The van der Waals surface area contributed by atoms with Crippen molar-refractivity contribution in [3.8, 4) is 0 Å². The van der Waals surface area contributed by atoms with E-state index < -0.39 is 16.4 Å². The fourth-order valence-electron chi connectivity index (χ4n) is 1.53. The van der Waals surface area contributed by atoms with Crippen molar-refractivity contribution in [1.82, 2.24) is 5.32 Å². The lowest BCUT2D eigenvalue weighted by molar-refractivity contribution is -0.387. The molecule has 0 saturated carbocycles. The van der Waals surface area contributed by atoms with Crippen molar-refractivity contribution in [1.29, 1.82) is 0 Å². The Hall–Kier alpha value is -1.49. The third kappa shape index (κ3) is 4.41. The van der Waals surface area contributed by atoms with Gasteiger partial charge in [0, 0.05) is 18.2 Å². The SMILES string of the molecule is CC(C)(C)CCNCc1cccc([N+](=O)[O-])c1F. The van der Waals surface area contributed by atoms with Crippen LogP contribution in [0, 0.1) is 21.3 Å². The first-order valence-corrected chi connectivity index (χ1v) is 5.94. The van der Waals surface area contributed by atoms with Gasteiger partial charge >= 0.3 is 5.69 Å². The number of benzene rings is 1. The second kappa shape index (κ2) is 5.91. The standard InChI is InChI=1S/C13H19FN2O2/c1-13(2,3)7-8-15-9-10-5-4-6-11(12(10)14)16(17)18/h4-6,15H,7-9H2,1-3H3. The first-order valence-electron chi connectivity index (χ1n) is 5.94. The van der Waals surface area contributed by atoms with Crippen molar-refractivity contribution in [3.63, 3.8) is 0 Å². The number of halogens is 1. The molecule has 5 heteroatoms. The highest BCUT2D eigenvalue weighted by Gasteiger charge is 2.16. The average Bonchev–Trinajstić information content (AvgIpc) is 2.24. The van der Waals surface area contributed by atoms with E-state index in [1.165, 1.54) is 12.1 Å². The van der Waals surface area contributed by atoms with Gasteiger partial charge in [0.2, 0.25) is 5.82 Å². The monoisotopic (exact) mass is 254 g/mol. The van der Waals surface area contributed by atoms with Crippen molar-refractivity contribution in [2.45, 2.75) is 33.7 Å². The van der Waals surface area contributed by atoms with Crippen LogP contribution in [0.5, 0.6) is 0 Å². The van der Waals surface area contributed by atoms with Gasteiger partial charge in [0.25, 0.3) is 0 Å². The summed E-state index contributed by atoms with van der Waals surface area (Å²) in [6, 6.07) is 4.24. The Bertz CT molecular complexity index is 427. The summed E-state index contributed by atoms with van der Waals surface area (Å²) in [7, 11) is 0. The number of nitro groups is 1. The molecule has 0 aromatic heterocycles. The molecule has 0 saturated heterocycles. The van der Waals surface area contributed by atoms with Gasteiger partial charge in [-0.3, -0.25) is 10.1 Å². The molecule has 0 aliphatic carbocycles. The van der Waals surface area contributed by atoms with Gasteiger partial charge in [0.1, 0.15) is 0 Å². The molecule has 0 bridgehead atoms. The highest BCUT2D eigenvalue weighted by Crippen LogP contribution is 2.20. The second-order valence-corrected chi connectivity index (χ2v) is 5.49. The second-order valence-electron chi connectivity index (χ2n) is 5.49. The number of nitro benzene ring substituents is 1. The van der Waals surface area contributed by atoms with Crippen molar-refractivity contribution >= 4 is 5.69 Å². The molecule has 0 radical (unpaired) electrons. The van der Waals surface area contributed by atoms with E-state index in [2.05, 4.69) is 26.1 Å². The van der Waals surface area contributed by atoms with E-state index in [-0.39, 0.29) is 5.41 Å². The van der Waals surface area contributed by atoms with Crippen molar-refractivity contribution in [2.24, 2.45) is 5.41 Å². The molecule has 4 nitrogen and oxygen atoms in total. The van der Waals surface area contributed by atoms with Crippen LogP contribution >= 0.6 is 0 Å². The van der Waals surface area contributed by atoms with Crippen LogP contribution in [0.4, 0.5) is 10.1 Å². The lowest BCUT2D eigenvalue weighted by Gasteiger charge is -2.18. The number of hydrogen-bond donors (Lipinski definition) is 1. The molecule has 1 rings (SSSR count). The molecule has 1 aromatic rings. The molecule has 0 heterocycles. The van der Waals surface area contributed by atoms with Gasteiger partial charge in [0.05, 0.1) is 4.92 Å². The lowest BCUT2D eigenvalue weighted by atomic mass is 9.92. The predicted octanol–water partition coefficient (Wildman–Crippen LogP) is 3.26. The Kier molecular flexibility index (Phi) is 4.78. The Balaban J connectivity index is 2.58. The zero-order valence-electron chi connectivity index (χ0n) is 11.0. The minimum absolute atomic E-state index is 0.216. The van der Waals surface area contributed by atoms with Gasteiger partial charge in [-0.25, -0.2) is 0 Å². The van der Waals surface area contributed by atoms with E-state index in [4.69, 9.17) is 0 Å². The average molecular weight is 254 g/mol. The van der Waals surface area contributed by atoms with E-state index in [9.17, 15) is 14.5 Å². The molecule has 0 spiro atoms. The highest BCUT2D eigenvalue weighted by molar-refractivity contribution is 5.36. The zero-order chi connectivity index (χ0) is 13.8. The molecule has 0 amide bonds. The molecular weight excluding hydrogens is 235 g/mol. The summed E-state index contributed by atoms with van der Waals surface area (Å²) in [6.07, 6.45) is 0.962. The first-order chi connectivity index (χ1) is 8.31. The third-order valence-corrected chi connectivity index (χ3v) is 2.62. The summed E-state index contributed by atoms with van der Waals surface area (Å²) in [4.78, 5) is 9.88. The van der Waals surface area contributed by atoms with E-state index >= 15 is 0 Å². The fourth-order valence-corrected chi connectivity index (χ4v) is 1.53. The maximum atomic E-state index is 13.7. The Morgan fingerprint density at radius 2 is 2.06 bits per heavy atom. The molecule has 18 heavy (non-hydrogen) atoms. The van der Waals surface area contributed by atoms with Crippen molar-refractivity contribution < 1.29 is 9.31 Å². The maximum Gasteiger partial charge on any atom is 0.305 e. The van der Waals surface area contributed by atoms with Gasteiger partial charge in [-0.05, 0) is 18.4 Å². The van der Waals surface area contributed by atoms with Crippen LogP contribution in [0.1, 0.15) is 32.8 Å². The Morgan fingerprint density at radius 1 is 1.39 bits per heavy atom. The summed E-state index contributed by atoms with van der Waals surface area (Å²) in [5.41, 5.74) is 0.0806. The lowest BCUT2D eigenvalue weighted by Crippen LogP contribution is -2.20. The van der Waals surface area contributed by atoms with Crippen molar-refractivity contribution in [2.75, 3.05) is 6.54 Å². The minimum atomic E-state index is -0.745. The van der Waals surface area contributed by atoms with Crippen LogP contribution in [-0.4, -0.2) is 11.5 Å². The Morgan fingerprint density at radius 3 is 2.61 bits per heavy atom. The topological polar surface area (TPSA) is 55.2 Å². The zero-order valence-corrected chi connectivity index (χ0v) is 11.0. The molecule has 0 atom stereocenters. The molecule has 0 fully saturated rings. The van der Waals surface area contributed by atoms with Crippen molar-refractivity contribution in [3.05, 3.63) is 39.7 Å². The normalized spacial score (nSPS) is 11.6. The molecule has 0 aliphatic rings. The molecule has 1 N–H and O–H groups in total. The Labute approximate surface area is 106 Å². The summed E-state index contributed by atoms with van der Waals surface area (Å²) in [6.45, 7) is 7.45. The molecule has 0 aliphatic heterocycles. The van der Waals surface area contributed by atoms with Crippen LogP contribution in [0.3, 0.4) is 0 Å². The summed E-state index contributed by atoms with van der Waals surface area (Å²) in [5, 5.41) is 13.7. The quantitative estimate of drug-likeness (QED) is 0.498. The van der Waals surface area contributed by atoms with Crippen LogP contribution in [0.15, 0.2) is 18.2 Å². The van der Waals surface area contributed by atoms with Gasteiger partial charge < -0.3 is 5.32 Å². The van der Waals surface area contributed by atoms with Crippen LogP contribution < -0.4 is 5.32 Å². The van der Waals surface area contributed by atoms with Gasteiger partial charge in [-0.15, -0.1) is 0 Å². The number of rotatable bonds is 5. The summed E-state index contributed by atoms with van der Waals surface area (Å²) < 4.78 is 13.7. The van der Waals surface area contributed by atoms with E-state index in [0.29, 0.717) is 12.1 Å². The number of hydrogen-bond acceptors (Lipinski definition) is 3. The maximum absolute atomic E-state index is 13.7. The van der Waals surface area contributed by atoms with E-state index in [1.807, 2.05) is 0 Å². The predicted molar refractivity (Wildman–Crippen MR) is 68.8 cm³/mol. The minimum Gasteiger partial charge on any atom is -0.313 e. The number of nitrogens with one attached hydrogen (secondary N) is 1. The molecule has 0 unspecified atom stereocenters. The van der Waals surface area contributed by atoms with Gasteiger partial charge in [0.15, 0.2) is 0 Å². The van der Waals surface area contributed by atoms with Crippen LogP contribution in [0.2, 0.25) is 0 Å². The van der Waals surface area contributed by atoms with E-state index in [1.54, 1.807) is 6.07 Å². The highest BCUT2D eigenvalue weighted by atomic mass is 19.1. The summed E-state index contributed by atoms with van der Waals surface area (Å²) in [5.74, 6) is -0.745. The first kappa shape index (κ1) is 14.6.